The summed E-state index contributed by atoms with van der Waals surface area (Å²) < 4.78 is 7.44. The minimum Gasteiger partial charge on any atom is -0.379 e. The van der Waals surface area contributed by atoms with E-state index in [0.717, 1.165) is 51.8 Å². The summed E-state index contributed by atoms with van der Waals surface area (Å²) in [6.45, 7) is 10.3. The molecule has 2 saturated heterocycles. The largest absolute Gasteiger partial charge is 0.379 e. The molecule has 1 aromatic heterocycles. The van der Waals surface area contributed by atoms with Crippen molar-refractivity contribution in [2.24, 2.45) is 18.0 Å². The van der Waals surface area contributed by atoms with E-state index in [1.807, 2.05) is 25.0 Å². The van der Waals surface area contributed by atoms with Crippen LogP contribution in [0.5, 0.6) is 0 Å². The van der Waals surface area contributed by atoms with E-state index < -0.39 is 0 Å². The van der Waals surface area contributed by atoms with E-state index in [-0.39, 0.29) is 24.0 Å². The van der Waals surface area contributed by atoms with E-state index in [4.69, 9.17) is 4.74 Å². The number of aromatic nitrogens is 2. The molecule has 7 nitrogen and oxygen atoms in total. The average molecular weight is 490 g/mol. The van der Waals surface area contributed by atoms with Gasteiger partial charge in [-0.15, -0.1) is 24.0 Å². The lowest BCUT2D eigenvalue weighted by atomic mass is 10.0. The van der Waals surface area contributed by atoms with E-state index in [1.165, 1.54) is 12.0 Å². The summed E-state index contributed by atoms with van der Waals surface area (Å²) in [4.78, 5) is 9.45. The zero-order valence-corrected chi connectivity index (χ0v) is 19.4. The fraction of sp³-hybridized carbons (Fsp3) is 0.789. The van der Waals surface area contributed by atoms with Crippen molar-refractivity contribution in [3.8, 4) is 0 Å². The van der Waals surface area contributed by atoms with Crippen molar-refractivity contribution in [2.45, 2.75) is 38.8 Å². The molecule has 0 saturated carbocycles. The standard InChI is InChI=1S/C19H34N6O.HI/c1-15(25-7-8-26-14-16(25)2)10-21-19(20-3)24-6-5-17(13-24)9-18-11-22-23(4)12-18;/h11-12,15-17H,5-10,13-14H2,1-4H3,(H,20,21);1H. The van der Waals surface area contributed by atoms with Crippen LogP contribution in [0.3, 0.4) is 0 Å². The van der Waals surface area contributed by atoms with Gasteiger partial charge in [0.05, 0.1) is 19.4 Å². The highest BCUT2D eigenvalue weighted by Crippen LogP contribution is 2.20. The van der Waals surface area contributed by atoms with Gasteiger partial charge >= 0.3 is 0 Å². The number of ether oxygens (including phenoxy) is 1. The molecule has 0 spiro atoms. The van der Waals surface area contributed by atoms with Crippen LogP contribution in [-0.2, 0) is 18.2 Å². The molecule has 1 N–H and O–H groups in total. The fourth-order valence-corrected chi connectivity index (χ4v) is 4.19. The smallest absolute Gasteiger partial charge is 0.193 e. The Balaban J connectivity index is 0.00000261. The van der Waals surface area contributed by atoms with Crippen molar-refractivity contribution in [1.82, 2.24) is 24.9 Å². The maximum absolute atomic E-state index is 5.55. The Hall–Kier alpha value is -0.870. The van der Waals surface area contributed by atoms with Gasteiger partial charge in [0.1, 0.15) is 0 Å². The maximum Gasteiger partial charge on any atom is 0.193 e. The van der Waals surface area contributed by atoms with Crippen LogP contribution in [0.1, 0.15) is 25.8 Å². The molecule has 2 aliphatic heterocycles. The number of morpholine rings is 1. The number of aliphatic imine (C=N–C) groups is 1. The summed E-state index contributed by atoms with van der Waals surface area (Å²) in [5.41, 5.74) is 1.33. The monoisotopic (exact) mass is 490 g/mol. The number of nitrogens with one attached hydrogen (secondary N) is 1. The number of halogens is 1. The number of rotatable bonds is 5. The second kappa shape index (κ2) is 10.6. The lowest BCUT2D eigenvalue weighted by Gasteiger charge is -2.38. The molecule has 27 heavy (non-hydrogen) atoms. The first-order chi connectivity index (χ1) is 12.6. The maximum atomic E-state index is 5.55. The predicted octanol–water partition coefficient (Wildman–Crippen LogP) is 1.59. The molecule has 0 amide bonds. The first-order valence-corrected chi connectivity index (χ1v) is 9.83. The average Bonchev–Trinajstić information content (AvgIpc) is 3.25. The first-order valence-electron chi connectivity index (χ1n) is 9.83. The van der Waals surface area contributed by atoms with Crippen molar-refractivity contribution >= 4 is 29.9 Å². The van der Waals surface area contributed by atoms with E-state index >= 15 is 0 Å². The highest BCUT2D eigenvalue weighted by Gasteiger charge is 2.27. The number of likely N-dealkylation sites (tertiary alicyclic amines) is 1. The van der Waals surface area contributed by atoms with E-state index in [2.05, 4.69) is 45.3 Å². The molecule has 0 aromatic carbocycles. The molecule has 3 heterocycles. The van der Waals surface area contributed by atoms with Gasteiger partial charge in [-0.2, -0.15) is 5.10 Å². The molecule has 0 bridgehead atoms. The van der Waals surface area contributed by atoms with Gasteiger partial charge in [-0.3, -0.25) is 14.6 Å². The summed E-state index contributed by atoms with van der Waals surface area (Å²) in [5, 5.41) is 7.88. The minimum atomic E-state index is 0. The van der Waals surface area contributed by atoms with Crippen molar-refractivity contribution in [1.29, 1.82) is 0 Å². The Morgan fingerprint density at radius 1 is 1.44 bits per heavy atom. The molecule has 3 rings (SSSR count). The summed E-state index contributed by atoms with van der Waals surface area (Å²) in [7, 11) is 3.87. The Labute approximate surface area is 180 Å². The topological polar surface area (TPSA) is 57.9 Å². The molecular weight excluding hydrogens is 455 g/mol. The zero-order valence-electron chi connectivity index (χ0n) is 17.1. The predicted molar refractivity (Wildman–Crippen MR) is 120 cm³/mol. The van der Waals surface area contributed by atoms with Gasteiger partial charge in [0.25, 0.3) is 0 Å². The van der Waals surface area contributed by atoms with Crippen LogP contribution in [0, 0.1) is 5.92 Å². The molecular formula is C19H35IN6O. The molecule has 2 fully saturated rings. The normalized spacial score (nSPS) is 25.3. The van der Waals surface area contributed by atoms with Gasteiger partial charge in [0, 0.05) is 58.6 Å². The van der Waals surface area contributed by atoms with Gasteiger partial charge in [-0.05, 0) is 38.2 Å². The number of nitrogens with zero attached hydrogens (tertiary/aromatic N) is 5. The third-order valence-electron chi connectivity index (χ3n) is 5.62. The van der Waals surface area contributed by atoms with Crippen LogP contribution in [0.2, 0.25) is 0 Å². The Morgan fingerprint density at radius 2 is 2.26 bits per heavy atom. The van der Waals surface area contributed by atoms with Gasteiger partial charge in [0.15, 0.2) is 5.96 Å². The molecule has 8 heteroatoms. The second-order valence-corrected chi connectivity index (χ2v) is 7.77. The molecule has 154 valence electrons. The number of hydrogen-bond donors (Lipinski definition) is 1. The molecule has 0 aliphatic carbocycles. The Morgan fingerprint density at radius 3 is 2.93 bits per heavy atom. The number of aryl methyl sites for hydroxylation is 1. The van der Waals surface area contributed by atoms with E-state index in [9.17, 15) is 0 Å². The summed E-state index contributed by atoms with van der Waals surface area (Å²) >= 11 is 0. The van der Waals surface area contributed by atoms with Crippen LogP contribution in [0.25, 0.3) is 0 Å². The van der Waals surface area contributed by atoms with Crippen LogP contribution >= 0.6 is 24.0 Å². The Bertz CT molecular complexity index is 607. The van der Waals surface area contributed by atoms with Crippen LogP contribution in [0.15, 0.2) is 17.4 Å². The Kier molecular flexibility index (Phi) is 8.81. The minimum absolute atomic E-state index is 0. The summed E-state index contributed by atoms with van der Waals surface area (Å²) in [6, 6.07) is 0.956. The van der Waals surface area contributed by atoms with Gasteiger partial charge in [-0.25, -0.2) is 0 Å². The van der Waals surface area contributed by atoms with E-state index in [0.29, 0.717) is 18.0 Å². The SMILES string of the molecule is CN=C(NCC(C)N1CCOCC1C)N1CCC(Cc2cnn(C)c2)C1.I. The molecule has 2 aliphatic rings. The summed E-state index contributed by atoms with van der Waals surface area (Å²) in [6.07, 6.45) is 6.43. The fourth-order valence-electron chi connectivity index (χ4n) is 4.19. The number of guanidine groups is 1. The molecule has 3 unspecified atom stereocenters. The van der Waals surface area contributed by atoms with Gasteiger partial charge < -0.3 is 15.0 Å². The van der Waals surface area contributed by atoms with Gasteiger partial charge in [0.2, 0.25) is 0 Å². The van der Waals surface area contributed by atoms with Crippen LogP contribution < -0.4 is 5.32 Å². The second-order valence-electron chi connectivity index (χ2n) is 7.77. The molecule has 3 atom stereocenters. The van der Waals surface area contributed by atoms with Crippen molar-refractivity contribution < 1.29 is 4.74 Å². The zero-order chi connectivity index (χ0) is 18.5. The van der Waals surface area contributed by atoms with Gasteiger partial charge in [-0.1, -0.05) is 0 Å². The third kappa shape index (κ3) is 6.05. The third-order valence-corrected chi connectivity index (χ3v) is 5.62. The lowest BCUT2D eigenvalue weighted by Crippen LogP contribution is -2.53. The first kappa shape index (κ1) is 22.4. The van der Waals surface area contributed by atoms with Crippen LogP contribution in [0.4, 0.5) is 0 Å². The number of hydrogen-bond acceptors (Lipinski definition) is 4. The molecule has 1 aromatic rings. The summed E-state index contributed by atoms with van der Waals surface area (Å²) in [5.74, 6) is 1.71. The van der Waals surface area contributed by atoms with Crippen molar-refractivity contribution in [2.75, 3.05) is 46.4 Å². The van der Waals surface area contributed by atoms with E-state index in [1.54, 1.807) is 0 Å². The van der Waals surface area contributed by atoms with Crippen molar-refractivity contribution in [3.63, 3.8) is 0 Å². The highest BCUT2D eigenvalue weighted by molar-refractivity contribution is 14.0. The van der Waals surface area contributed by atoms with Crippen LogP contribution in [-0.4, -0.2) is 84.1 Å². The quantitative estimate of drug-likeness (QED) is 0.386. The van der Waals surface area contributed by atoms with Crippen molar-refractivity contribution in [3.05, 3.63) is 18.0 Å². The highest BCUT2D eigenvalue weighted by atomic mass is 127. The molecule has 0 radical (unpaired) electrons. The lowest BCUT2D eigenvalue weighted by molar-refractivity contribution is -0.0174.